The molecule has 0 radical (unpaired) electrons. The maximum atomic E-state index is 4.32. The molecule has 0 atom stereocenters. The van der Waals surface area contributed by atoms with Gasteiger partial charge in [-0.2, -0.15) is 0 Å². The van der Waals surface area contributed by atoms with E-state index in [1.807, 2.05) is 5.51 Å². The number of hydrogen-bond acceptors (Lipinski definition) is 4. The molecule has 1 N–H and O–H groups in total. The Hall–Kier alpha value is -0.450. The van der Waals surface area contributed by atoms with E-state index in [9.17, 15) is 0 Å². The Bertz CT molecular complexity index is 317. The molecule has 4 heteroatoms. The summed E-state index contributed by atoms with van der Waals surface area (Å²) in [5.74, 6) is 0. The lowest BCUT2D eigenvalue weighted by atomic mass is 10.1. The number of thiazole rings is 1. The third-order valence-electron chi connectivity index (χ3n) is 3.04. The second kappa shape index (κ2) is 8.67. The molecular formula is C15H29N3S. The fourth-order valence-electron chi connectivity index (χ4n) is 1.99. The minimum absolute atomic E-state index is 0.258. The summed E-state index contributed by atoms with van der Waals surface area (Å²) in [6.45, 7) is 9.96. The molecule has 0 aliphatic heterocycles. The van der Waals surface area contributed by atoms with Crippen LogP contribution in [0.3, 0.4) is 0 Å². The van der Waals surface area contributed by atoms with Crippen LogP contribution in [0.2, 0.25) is 0 Å². The quantitative estimate of drug-likeness (QED) is 0.703. The minimum Gasteiger partial charge on any atom is -0.312 e. The highest BCUT2D eigenvalue weighted by molar-refractivity contribution is 7.07. The van der Waals surface area contributed by atoms with E-state index in [2.05, 4.69) is 48.4 Å². The Morgan fingerprint density at radius 2 is 1.95 bits per heavy atom. The Balaban J connectivity index is 1.93. The highest BCUT2D eigenvalue weighted by Crippen LogP contribution is 2.07. The van der Waals surface area contributed by atoms with Crippen LogP contribution >= 0.6 is 11.3 Å². The molecule has 1 aromatic heterocycles. The molecule has 110 valence electrons. The van der Waals surface area contributed by atoms with Gasteiger partial charge in [-0.05, 0) is 53.8 Å². The van der Waals surface area contributed by atoms with E-state index in [0.717, 1.165) is 13.1 Å². The van der Waals surface area contributed by atoms with Crippen LogP contribution in [0.1, 0.15) is 52.1 Å². The molecule has 0 spiro atoms. The molecule has 1 aromatic rings. The van der Waals surface area contributed by atoms with E-state index in [0.29, 0.717) is 0 Å². The van der Waals surface area contributed by atoms with E-state index in [1.54, 1.807) is 11.3 Å². The fourth-order valence-corrected chi connectivity index (χ4v) is 2.54. The fraction of sp³-hybridized carbons (Fsp3) is 0.800. The first-order valence-corrected chi connectivity index (χ1v) is 8.22. The molecule has 1 heterocycles. The monoisotopic (exact) mass is 283 g/mol. The summed E-state index contributed by atoms with van der Waals surface area (Å²) < 4.78 is 0. The van der Waals surface area contributed by atoms with E-state index < -0.39 is 0 Å². The zero-order valence-corrected chi connectivity index (χ0v) is 13.7. The molecule has 0 aromatic carbocycles. The number of rotatable bonds is 9. The van der Waals surface area contributed by atoms with Gasteiger partial charge in [-0.25, -0.2) is 4.98 Å². The molecule has 0 saturated heterocycles. The first kappa shape index (κ1) is 16.6. The van der Waals surface area contributed by atoms with E-state index in [-0.39, 0.29) is 5.54 Å². The van der Waals surface area contributed by atoms with Crippen molar-refractivity contribution in [3.8, 4) is 0 Å². The third-order valence-corrected chi connectivity index (χ3v) is 3.67. The molecule has 1 rings (SSSR count). The first-order valence-electron chi connectivity index (χ1n) is 7.28. The van der Waals surface area contributed by atoms with E-state index in [4.69, 9.17) is 0 Å². The summed E-state index contributed by atoms with van der Waals surface area (Å²) in [6.07, 6.45) is 5.23. The van der Waals surface area contributed by atoms with Crippen molar-refractivity contribution in [3.05, 3.63) is 16.6 Å². The summed E-state index contributed by atoms with van der Waals surface area (Å²) in [6, 6.07) is 0. The van der Waals surface area contributed by atoms with Crippen molar-refractivity contribution in [1.82, 2.24) is 15.2 Å². The van der Waals surface area contributed by atoms with Crippen molar-refractivity contribution in [2.45, 2.75) is 58.5 Å². The van der Waals surface area contributed by atoms with Gasteiger partial charge in [-0.3, -0.25) is 0 Å². The number of unbranched alkanes of at least 4 members (excludes halogenated alkanes) is 3. The largest absolute Gasteiger partial charge is 0.312 e. The van der Waals surface area contributed by atoms with Gasteiger partial charge in [-0.15, -0.1) is 11.3 Å². The summed E-state index contributed by atoms with van der Waals surface area (Å²) >= 11 is 1.68. The zero-order valence-electron chi connectivity index (χ0n) is 12.9. The zero-order chi connectivity index (χ0) is 14.1. The first-order chi connectivity index (χ1) is 8.97. The molecule has 19 heavy (non-hydrogen) atoms. The lowest BCUT2D eigenvalue weighted by molar-refractivity contribution is 0.313. The summed E-state index contributed by atoms with van der Waals surface area (Å²) in [7, 11) is 2.18. The molecule has 0 amide bonds. The van der Waals surface area contributed by atoms with Gasteiger partial charge in [0.15, 0.2) is 0 Å². The van der Waals surface area contributed by atoms with Crippen LogP contribution in [-0.2, 0) is 6.54 Å². The van der Waals surface area contributed by atoms with E-state index in [1.165, 1.54) is 37.9 Å². The van der Waals surface area contributed by atoms with Gasteiger partial charge in [0.2, 0.25) is 0 Å². The Labute approximate surface area is 122 Å². The van der Waals surface area contributed by atoms with Crippen LogP contribution in [0.25, 0.3) is 0 Å². The van der Waals surface area contributed by atoms with Crippen molar-refractivity contribution < 1.29 is 0 Å². The molecular weight excluding hydrogens is 254 g/mol. The predicted molar refractivity (Wildman–Crippen MR) is 84.7 cm³/mol. The predicted octanol–water partition coefficient (Wildman–Crippen LogP) is 3.52. The standard InChI is InChI=1S/C15H29N3S/c1-15(2,3)17-9-7-5-6-8-10-18(4)11-14-12-19-13-16-14/h12-13,17H,5-11H2,1-4H3. The molecule has 0 saturated carbocycles. The van der Waals surface area contributed by atoms with Crippen LogP contribution in [-0.4, -0.2) is 35.6 Å². The van der Waals surface area contributed by atoms with Crippen molar-refractivity contribution in [2.75, 3.05) is 20.1 Å². The average Bonchev–Trinajstić information content (AvgIpc) is 2.79. The summed E-state index contributed by atoms with van der Waals surface area (Å²) in [5, 5.41) is 5.67. The SMILES string of the molecule is CN(CCCCCCNC(C)(C)C)Cc1cscn1. The van der Waals surface area contributed by atoms with Crippen molar-refractivity contribution >= 4 is 11.3 Å². The average molecular weight is 283 g/mol. The molecule has 0 fully saturated rings. The molecule has 3 nitrogen and oxygen atoms in total. The Morgan fingerprint density at radius 3 is 2.58 bits per heavy atom. The van der Waals surface area contributed by atoms with Crippen molar-refractivity contribution in [1.29, 1.82) is 0 Å². The number of nitrogens with zero attached hydrogens (tertiary/aromatic N) is 2. The minimum atomic E-state index is 0.258. The Kier molecular flexibility index (Phi) is 7.57. The third kappa shape index (κ3) is 9.14. The normalized spacial score (nSPS) is 12.3. The van der Waals surface area contributed by atoms with Gasteiger partial charge in [-0.1, -0.05) is 12.8 Å². The Morgan fingerprint density at radius 1 is 1.21 bits per heavy atom. The van der Waals surface area contributed by atoms with Gasteiger partial charge >= 0.3 is 0 Å². The van der Waals surface area contributed by atoms with Crippen LogP contribution in [0.4, 0.5) is 0 Å². The topological polar surface area (TPSA) is 28.2 Å². The summed E-state index contributed by atoms with van der Waals surface area (Å²) in [5.41, 5.74) is 3.36. The lowest BCUT2D eigenvalue weighted by Gasteiger charge is -2.20. The van der Waals surface area contributed by atoms with Gasteiger partial charge in [0.05, 0.1) is 11.2 Å². The van der Waals surface area contributed by atoms with Crippen LogP contribution < -0.4 is 5.32 Å². The number of aromatic nitrogens is 1. The summed E-state index contributed by atoms with van der Waals surface area (Å²) in [4.78, 5) is 6.68. The molecule has 0 unspecified atom stereocenters. The van der Waals surface area contributed by atoms with Crippen molar-refractivity contribution in [3.63, 3.8) is 0 Å². The maximum absolute atomic E-state index is 4.32. The van der Waals surface area contributed by atoms with E-state index >= 15 is 0 Å². The van der Waals surface area contributed by atoms with Crippen LogP contribution in [0.5, 0.6) is 0 Å². The highest BCUT2D eigenvalue weighted by Gasteiger charge is 2.07. The highest BCUT2D eigenvalue weighted by atomic mass is 32.1. The number of nitrogens with one attached hydrogen (secondary N) is 1. The van der Waals surface area contributed by atoms with Gasteiger partial charge in [0, 0.05) is 17.5 Å². The van der Waals surface area contributed by atoms with Gasteiger partial charge in [0.25, 0.3) is 0 Å². The molecule has 0 aliphatic carbocycles. The lowest BCUT2D eigenvalue weighted by Crippen LogP contribution is -2.36. The second-order valence-electron chi connectivity index (χ2n) is 6.31. The second-order valence-corrected chi connectivity index (χ2v) is 7.03. The molecule has 0 bridgehead atoms. The van der Waals surface area contributed by atoms with Gasteiger partial charge < -0.3 is 10.2 Å². The molecule has 0 aliphatic rings. The van der Waals surface area contributed by atoms with Crippen molar-refractivity contribution in [2.24, 2.45) is 0 Å². The van der Waals surface area contributed by atoms with Crippen LogP contribution in [0.15, 0.2) is 10.9 Å². The number of hydrogen-bond donors (Lipinski definition) is 1. The van der Waals surface area contributed by atoms with Gasteiger partial charge in [0.1, 0.15) is 0 Å². The maximum Gasteiger partial charge on any atom is 0.0795 e. The van der Waals surface area contributed by atoms with Crippen LogP contribution in [0, 0.1) is 0 Å². The smallest absolute Gasteiger partial charge is 0.0795 e.